The highest BCUT2D eigenvalue weighted by Crippen LogP contribution is 2.32. The highest BCUT2D eigenvalue weighted by atomic mass is 32.1. The third-order valence-corrected chi connectivity index (χ3v) is 4.97. The smallest absolute Gasteiger partial charge is 0.275 e. The second-order valence-corrected chi connectivity index (χ2v) is 6.84. The first-order valence-corrected chi connectivity index (χ1v) is 9.42. The molecule has 4 rings (SSSR count). The summed E-state index contributed by atoms with van der Waals surface area (Å²) in [6.45, 7) is 0.628. The van der Waals surface area contributed by atoms with Gasteiger partial charge in [-0.25, -0.2) is 14.6 Å². The minimum atomic E-state index is -0.249. The first-order chi connectivity index (χ1) is 13.7. The predicted octanol–water partition coefficient (Wildman–Crippen LogP) is 3.71. The Balaban J connectivity index is 1.45. The van der Waals surface area contributed by atoms with Crippen LogP contribution in [0.3, 0.4) is 0 Å². The molecule has 2 aromatic heterocycles. The monoisotopic (exact) mass is 391 g/mol. The molecule has 0 spiro atoms. The molecule has 0 aliphatic heterocycles. The molecule has 28 heavy (non-hydrogen) atoms. The maximum absolute atomic E-state index is 12.5. The van der Waals surface area contributed by atoms with Crippen molar-refractivity contribution in [3.8, 4) is 16.3 Å². The van der Waals surface area contributed by atoms with Crippen LogP contribution in [-0.4, -0.2) is 32.8 Å². The first kappa shape index (κ1) is 17.9. The van der Waals surface area contributed by atoms with Crippen LogP contribution in [0, 0.1) is 0 Å². The molecule has 0 fully saturated rings. The molecule has 0 saturated heterocycles. The zero-order chi connectivity index (χ0) is 19.3. The van der Waals surface area contributed by atoms with E-state index in [1.165, 1.54) is 17.7 Å². The number of para-hydroxylation sites is 1. The standard InChI is InChI=1S/C20H17N5O2S/c1-27-18-5-3-2-4-16(18)20-24-17(11-28-20)19(26)23-15-8-6-14(7-9-15)10-25-13-21-12-22-25/h2-9,11-13H,10H2,1H3,(H,23,26). The van der Waals surface area contributed by atoms with Crippen LogP contribution in [0.25, 0.3) is 10.6 Å². The molecular weight excluding hydrogens is 374 g/mol. The van der Waals surface area contributed by atoms with Crippen LogP contribution in [0.2, 0.25) is 0 Å². The molecule has 0 saturated carbocycles. The van der Waals surface area contributed by atoms with Crippen molar-refractivity contribution in [2.24, 2.45) is 0 Å². The predicted molar refractivity (Wildman–Crippen MR) is 108 cm³/mol. The summed E-state index contributed by atoms with van der Waals surface area (Å²) >= 11 is 1.41. The molecule has 7 nitrogen and oxygen atoms in total. The average molecular weight is 391 g/mol. The van der Waals surface area contributed by atoms with Gasteiger partial charge in [-0.1, -0.05) is 24.3 Å². The highest BCUT2D eigenvalue weighted by molar-refractivity contribution is 7.13. The lowest BCUT2D eigenvalue weighted by Crippen LogP contribution is -2.12. The van der Waals surface area contributed by atoms with Gasteiger partial charge >= 0.3 is 0 Å². The molecule has 0 aliphatic carbocycles. The number of hydrogen-bond donors (Lipinski definition) is 1. The number of anilines is 1. The zero-order valence-electron chi connectivity index (χ0n) is 15.1. The molecule has 2 heterocycles. The number of benzene rings is 2. The Morgan fingerprint density at radius 1 is 1.18 bits per heavy atom. The average Bonchev–Trinajstić information content (AvgIpc) is 3.41. The summed E-state index contributed by atoms with van der Waals surface area (Å²) in [5, 5.41) is 9.45. The van der Waals surface area contributed by atoms with E-state index in [4.69, 9.17) is 4.74 Å². The quantitative estimate of drug-likeness (QED) is 0.542. The van der Waals surface area contributed by atoms with Crippen molar-refractivity contribution in [3.63, 3.8) is 0 Å². The van der Waals surface area contributed by atoms with Crippen LogP contribution < -0.4 is 10.1 Å². The number of carbonyl (C=O) groups excluding carboxylic acids is 1. The topological polar surface area (TPSA) is 81.9 Å². The largest absolute Gasteiger partial charge is 0.496 e. The van der Waals surface area contributed by atoms with Gasteiger partial charge in [0.15, 0.2) is 0 Å². The Morgan fingerprint density at radius 2 is 2.00 bits per heavy atom. The molecule has 8 heteroatoms. The van der Waals surface area contributed by atoms with Gasteiger partial charge in [-0.15, -0.1) is 11.3 Å². The van der Waals surface area contributed by atoms with Crippen LogP contribution in [0.1, 0.15) is 16.1 Å². The van der Waals surface area contributed by atoms with Gasteiger partial charge in [0, 0.05) is 11.1 Å². The van der Waals surface area contributed by atoms with Crippen LogP contribution in [0.4, 0.5) is 5.69 Å². The Hall–Kier alpha value is -3.52. The maximum atomic E-state index is 12.5. The summed E-state index contributed by atoms with van der Waals surface area (Å²) in [5.74, 6) is 0.480. The van der Waals surface area contributed by atoms with Crippen LogP contribution in [-0.2, 0) is 6.54 Å². The van der Waals surface area contributed by atoms with Gasteiger partial charge in [0.2, 0.25) is 0 Å². The molecule has 0 bridgehead atoms. The van der Waals surface area contributed by atoms with E-state index in [2.05, 4.69) is 20.4 Å². The van der Waals surface area contributed by atoms with Crippen molar-refractivity contribution in [1.82, 2.24) is 19.7 Å². The Labute approximate surface area is 165 Å². The number of nitrogens with one attached hydrogen (secondary N) is 1. The molecule has 1 N–H and O–H groups in total. The van der Waals surface area contributed by atoms with E-state index in [0.717, 1.165) is 21.9 Å². The number of amides is 1. The molecule has 1 amide bonds. The van der Waals surface area contributed by atoms with Crippen molar-refractivity contribution >= 4 is 22.9 Å². The molecule has 140 valence electrons. The van der Waals surface area contributed by atoms with E-state index in [9.17, 15) is 4.79 Å². The van der Waals surface area contributed by atoms with Gasteiger partial charge < -0.3 is 10.1 Å². The number of nitrogens with zero attached hydrogens (tertiary/aromatic N) is 4. The number of thiazole rings is 1. The summed E-state index contributed by atoms with van der Waals surface area (Å²) in [6, 6.07) is 15.2. The minimum Gasteiger partial charge on any atom is -0.496 e. The second-order valence-electron chi connectivity index (χ2n) is 5.98. The lowest BCUT2D eigenvalue weighted by molar-refractivity contribution is 0.102. The van der Waals surface area contributed by atoms with Crippen LogP contribution in [0.5, 0.6) is 5.75 Å². The van der Waals surface area contributed by atoms with Gasteiger partial charge in [0.25, 0.3) is 5.91 Å². The number of ether oxygens (including phenoxy) is 1. The fourth-order valence-corrected chi connectivity index (χ4v) is 3.54. The summed E-state index contributed by atoms with van der Waals surface area (Å²) in [6.07, 6.45) is 3.17. The Morgan fingerprint density at radius 3 is 2.75 bits per heavy atom. The normalized spacial score (nSPS) is 10.6. The third kappa shape index (κ3) is 3.91. The molecule has 0 atom stereocenters. The van der Waals surface area contributed by atoms with Crippen molar-refractivity contribution in [2.75, 3.05) is 12.4 Å². The van der Waals surface area contributed by atoms with Gasteiger partial charge in [-0.3, -0.25) is 4.79 Å². The fourth-order valence-electron chi connectivity index (χ4n) is 2.71. The van der Waals surface area contributed by atoms with Gasteiger partial charge in [-0.05, 0) is 29.8 Å². The Bertz CT molecular complexity index is 1070. The van der Waals surface area contributed by atoms with Crippen molar-refractivity contribution in [1.29, 1.82) is 0 Å². The summed E-state index contributed by atoms with van der Waals surface area (Å²) in [5.41, 5.74) is 3.01. The van der Waals surface area contributed by atoms with Crippen LogP contribution >= 0.6 is 11.3 Å². The first-order valence-electron chi connectivity index (χ1n) is 8.54. The van der Waals surface area contributed by atoms with Crippen molar-refractivity contribution in [2.45, 2.75) is 6.54 Å². The maximum Gasteiger partial charge on any atom is 0.275 e. The van der Waals surface area contributed by atoms with Crippen molar-refractivity contribution in [3.05, 3.63) is 77.8 Å². The molecule has 4 aromatic rings. The second kappa shape index (κ2) is 8.01. The van der Waals surface area contributed by atoms with Gasteiger partial charge in [-0.2, -0.15) is 5.10 Å². The molecule has 0 radical (unpaired) electrons. The van der Waals surface area contributed by atoms with Gasteiger partial charge in [0.05, 0.1) is 19.2 Å². The fraction of sp³-hybridized carbons (Fsp3) is 0.100. The summed E-state index contributed by atoms with van der Waals surface area (Å²) in [7, 11) is 1.62. The number of hydrogen-bond acceptors (Lipinski definition) is 6. The third-order valence-electron chi connectivity index (χ3n) is 4.10. The number of carbonyl (C=O) groups is 1. The van der Waals surface area contributed by atoms with E-state index in [-0.39, 0.29) is 5.91 Å². The van der Waals surface area contributed by atoms with Gasteiger partial charge in [0.1, 0.15) is 29.1 Å². The summed E-state index contributed by atoms with van der Waals surface area (Å²) in [4.78, 5) is 20.9. The SMILES string of the molecule is COc1ccccc1-c1nc(C(=O)Nc2ccc(Cn3cncn3)cc2)cs1. The van der Waals surface area contributed by atoms with Crippen molar-refractivity contribution < 1.29 is 9.53 Å². The lowest BCUT2D eigenvalue weighted by Gasteiger charge is -2.06. The number of methoxy groups -OCH3 is 1. The number of aromatic nitrogens is 4. The van der Waals surface area contributed by atoms with E-state index < -0.39 is 0 Å². The highest BCUT2D eigenvalue weighted by Gasteiger charge is 2.14. The van der Waals surface area contributed by atoms with E-state index in [1.807, 2.05) is 48.5 Å². The zero-order valence-corrected chi connectivity index (χ0v) is 15.9. The molecular formula is C20H17N5O2S. The number of rotatable bonds is 6. The summed E-state index contributed by atoms with van der Waals surface area (Å²) < 4.78 is 7.11. The minimum absolute atomic E-state index is 0.249. The molecule has 2 aromatic carbocycles. The van der Waals surface area contributed by atoms with E-state index in [1.54, 1.807) is 23.5 Å². The molecule has 0 aliphatic rings. The Kier molecular flexibility index (Phi) is 5.11. The lowest BCUT2D eigenvalue weighted by atomic mass is 10.2. The van der Waals surface area contributed by atoms with Crippen LogP contribution in [0.15, 0.2) is 66.6 Å². The van der Waals surface area contributed by atoms with E-state index >= 15 is 0 Å². The van der Waals surface area contributed by atoms with E-state index in [0.29, 0.717) is 17.9 Å². The molecule has 0 unspecified atom stereocenters.